The van der Waals surface area contributed by atoms with Crippen molar-refractivity contribution in [1.29, 1.82) is 5.26 Å². The highest BCUT2D eigenvalue weighted by Gasteiger charge is 2.20. The Morgan fingerprint density at radius 3 is 2.73 bits per heavy atom. The van der Waals surface area contributed by atoms with Crippen molar-refractivity contribution in [2.45, 2.75) is 31.7 Å². The van der Waals surface area contributed by atoms with Crippen molar-refractivity contribution in [1.82, 2.24) is 5.32 Å². The lowest BCUT2D eigenvalue weighted by molar-refractivity contribution is -0.385. The first-order chi connectivity index (χ1) is 10.5. The van der Waals surface area contributed by atoms with Crippen LogP contribution in [0.3, 0.4) is 0 Å². The van der Waals surface area contributed by atoms with Gasteiger partial charge in [-0.15, -0.1) is 0 Å². The molecule has 114 valence electrons. The number of nitrogens with one attached hydrogen (secondary N) is 1. The molecule has 0 radical (unpaired) electrons. The molecule has 1 aromatic carbocycles. The molecule has 1 aliphatic rings. The lowest BCUT2D eigenvalue weighted by atomic mass is 10.1. The van der Waals surface area contributed by atoms with E-state index in [9.17, 15) is 20.0 Å². The average Bonchev–Trinajstić information content (AvgIpc) is 2.97. The van der Waals surface area contributed by atoms with Gasteiger partial charge in [-0.1, -0.05) is 12.8 Å². The summed E-state index contributed by atoms with van der Waals surface area (Å²) in [6.45, 7) is 0. The van der Waals surface area contributed by atoms with Crippen LogP contribution in [0.25, 0.3) is 6.08 Å². The molecule has 0 saturated heterocycles. The minimum atomic E-state index is -0.630. The molecule has 1 aliphatic carbocycles. The highest BCUT2D eigenvalue weighted by Crippen LogP contribution is 2.26. The van der Waals surface area contributed by atoms with Crippen molar-refractivity contribution < 1.29 is 14.8 Å². The Hall–Kier alpha value is -2.88. The molecule has 22 heavy (non-hydrogen) atoms. The maximum Gasteiger partial charge on any atom is 0.276 e. The molecular weight excluding hydrogens is 286 g/mol. The highest BCUT2D eigenvalue weighted by atomic mass is 16.6. The van der Waals surface area contributed by atoms with Crippen molar-refractivity contribution in [2.75, 3.05) is 0 Å². The predicted molar refractivity (Wildman–Crippen MR) is 78.7 cm³/mol. The standard InChI is InChI=1S/C15H15N3O4/c16-9-11(15(20)17-12-3-1-2-4-12)7-10-8-13(19)5-6-14(10)18(21)22/h5-8,12,19H,1-4H2,(H,17,20)/b11-7-. The molecule has 0 aliphatic heterocycles. The molecule has 0 atom stereocenters. The number of benzene rings is 1. The Kier molecular flexibility index (Phi) is 4.73. The van der Waals surface area contributed by atoms with Gasteiger partial charge in [0, 0.05) is 12.1 Å². The Balaban J connectivity index is 2.28. The van der Waals surface area contributed by atoms with Crippen molar-refractivity contribution in [3.05, 3.63) is 39.4 Å². The van der Waals surface area contributed by atoms with E-state index in [0.29, 0.717) is 0 Å². The van der Waals surface area contributed by atoms with Gasteiger partial charge in [0.2, 0.25) is 0 Å². The van der Waals surface area contributed by atoms with Gasteiger partial charge in [0.1, 0.15) is 17.4 Å². The van der Waals surface area contributed by atoms with Crippen LogP contribution in [0.15, 0.2) is 23.8 Å². The maximum atomic E-state index is 12.1. The fourth-order valence-corrected chi connectivity index (χ4v) is 2.46. The van der Waals surface area contributed by atoms with Crippen molar-refractivity contribution in [2.24, 2.45) is 0 Å². The molecule has 0 heterocycles. The van der Waals surface area contributed by atoms with Crippen molar-refractivity contribution in [3.8, 4) is 11.8 Å². The van der Waals surface area contributed by atoms with Crippen LogP contribution in [0.5, 0.6) is 5.75 Å². The van der Waals surface area contributed by atoms with Crippen LogP contribution in [0.1, 0.15) is 31.2 Å². The molecule has 2 N–H and O–H groups in total. The normalized spacial score (nSPS) is 15.3. The minimum Gasteiger partial charge on any atom is -0.508 e. The minimum absolute atomic E-state index is 0.0168. The molecule has 7 heteroatoms. The number of phenolic OH excluding ortho intramolecular Hbond substituents is 1. The summed E-state index contributed by atoms with van der Waals surface area (Å²) in [5.74, 6) is -0.725. The first kappa shape index (κ1) is 15.5. The molecule has 0 bridgehead atoms. The van der Waals surface area contributed by atoms with E-state index in [1.54, 1.807) is 6.07 Å². The van der Waals surface area contributed by atoms with E-state index in [0.717, 1.165) is 43.9 Å². The zero-order chi connectivity index (χ0) is 16.1. The summed E-state index contributed by atoms with van der Waals surface area (Å²) in [7, 11) is 0. The van der Waals surface area contributed by atoms with Crippen LogP contribution in [-0.4, -0.2) is 22.0 Å². The van der Waals surface area contributed by atoms with E-state index in [1.165, 1.54) is 6.07 Å². The van der Waals surface area contributed by atoms with Crippen LogP contribution in [0.4, 0.5) is 5.69 Å². The number of carbonyl (C=O) groups is 1. The second-order valence-electron chi connectivity index (χ2n) is 5.12. The number of nitrogens with zero attached hydrogens (tertiary/aromatic N) is 2. The second-order valence-corrected chi connectivity index (χ2v) is 5.12. The molecule has 0 unspecified atom stereocenters. The fourth-order valence-electron chi connectivity index (χ4n) is 2.46. The SMILES string of the molecule is N#C/C(=C/c1cc(O)ccc1[N+](=O)[O-])C(=O)NC1CCCC1. The summed E-state index contributed by atoms with van der Waals surface area (Å²) >= 11 is 0. The summed E-state index contributed by atoms with van der Waals surface area (Å²) in [6.07, 6.45) is 4.94. The van der Waals surface area contributed by atoms with Gasteiger partial charge in [-0.05, 0) is 31.1 Å². The smallest absolute Gasteiger partial charge is 0.276 e. The molecule has 1 fully saturated rings. The van der Waals surface area contributed by atoms with E-state index < -0.39 is 10.8 Å². The van der Waals surface area contributed by atoms with Gasteiger partial charge < -0.3 is 10.4 Å². The third-order valence-corrected chi connectivity index (χ3v) is 3.56. The van der Waals surface area contributed by atoms with Crippen LogP contribution < -0.4 is 5.32 Å². The number of nitriles is 1. The number of nitro benzene ring substituents is 1. The Labute approximate surface area is 127 Å². The number of rotatable bonds is 4. The summed E-state index contributed by atoms with van der Waals surface area (Å²) < 4.78 is 0. The molecule has 2 rings (SSSR count). The molecule has 1 aromatic rings. The molecule has 0 spiro atoms. The first-order valence-electron chi connectivity index (χ1n) is 6.91. The molecule has 1 saturated carbocycles. The zero-order valence-electron chi connectivity index (χ0n) is 11.8. The average molecular weight is 301 g/mol. The van der Waals surface area contributed by atoms with E-state index in [-0.39, 0.29) is 28.6 Å². The third kappa shape index (κ3) is 3.61. The van der Waals surface area contributed by atoms with Gasteiger partial charge in [-0.2, -0.15) is 5.26 Å². The lowest BCUT2D eigenvalue weighted by Gasteiger charge is -2.11. The van der Waals surface area contributed by atoms with Crippen LogP contribution in [0.2, 0.25) is 0 Å². The van der Waals surface area contributed by atoms with Gasteiger partial charge in [-0.25, -0.2) is 0 Å². The highest BCUT2D eigenvalue weighted by molar-refractivity contribution is 6.02. The molecular formula is C15H15N3O4. The summed E-state index contributed by atoms with van der Waals surface area (Å²) in [5, 5.41) is 32.3. The number of amides is 1. The van der Waals surface area contributed by atoms with Gasteiger partial charge >= 0.3 is 0 Å². The largest absolute Gasteiger partial charge is 0.508 e. The third-order valence-electron chi connectivity index (χ3n) is 3.56. The first-order valence-corrected chi connectivity index (χ1v) is 6.91. The molecule has 1 amide bonds. The van der Waals surface area contributed by atoms with Crippen LogP contribution in [0, 0.1) is 21.4 Å². The fraction of sp³-hybridized carbons (Fsp3) is 0.333. The van der Waals surface area contributed by atoms with Crippen molar-refractivity contribution >= 4 is 17.7 Å². The maximum absolute atomic E-state index is 12.1. The topological polar surface area (TPSA) is 116 Å². The van der Waals surface area contributed by atoms with Crippen molar-refractivity contribution in [3.63, 3.8) is 0 Å². The number of carbonyl (C=O) groups excluding carboxylic acids is 1. The Morgan fingerprint density at radius 2 is 2.14 bits per heavy atom. The second kappa shape index (κ2) is 6.72. The Bertz CT molecular complexity index is 670. The van der Waals surface area contributed by atoms with E-state index in [4.69, 9.17) is 5.26 Å². The van der Waals surface area contributed by atoms with Gasteiger partial charge in [0.15, 0.2) is 0 Å². The lowest BCUT2D eigenvalue weighted by Crippen LogP contribution is -2.33. The van der Waals surface area contributed by atoms with Crippen LogP contribution in [-0.2, 0) is 4.79 Å². The van der Waals surface area contributed by atoms with E-state index in [2.05, 4.69) is 5.32 Å². The number of hydrogen-bond donors (Lipinski definition) is 2. The summed E-state index contributed by atoms with van der Waals surface area (Å²) in [5.41, 5.74) is -0.483. The zero-order valence-corrected chi connectivity index (χ0v) is 11.8. The molecule has 7 nitrogen and oxygen atoms in total. The quantitative estimate of drug-likeness (QED) is 0.383. The Morgan fingerprint density at radius 1 is 1.45 bits per heavy atom. The predicted octanol–water partition coefficient (Wildman–Crippen LogP) is 2.27. The van der Waals surface area contributed by atoms with E-state index in [1.807, 2.05) is 0 Å². The summed E-state index contributed by atoms with van der Waals surface area (Å²) in [6, 6.07) is 5.26. The van der Waals surface area contributed by atoms with Gasteiger partial charge in [0.05, 0.1) is 10.5 Å². The monoisotopic (exact) mass is 301 g/mol. The van der Waals surface area contributed by atoms with Gasteiger partial charge in [0.25, 0.3) is 11.6 Å². The molecule has 0 aromatic heterocycles. The van der Waals surface area contributed by atoms with Gasteiger partial charge in [-0.3, -0.25) is 14.9 Å². The number of phenols is 1. The number of hydrogen-bond acceptors (Lipinski definition) is 5. The van der Waals surface area contributed by atoms with Crippen LogP contribution >= 0.6 is 0 Å². The number of aromatic hydroxyl groups is 1. The summed E-state index contributed by atoms with van der Waals surface area (Å²) in [4.78, 5) is 22.4. The van der Waals surface area contributed by atoms with E-state index >= 15 is 0 Å². The number of nitro groups is 1.